The molecule has 29 heavy (non-hydrogen) atoms. The molecular weight excluding hydrogens is 388 g/mol. The number of halogens is 1. The number of piperazine rings is 1. The Morgan fingerprint density at radius 1 is 0.931 bits per heavy atom. The molecule has 0 aliphatic carbocycles. The second-order valence-corrected chi connectivity index (χ2v) is 7.89. The van der Waals surface area contributed by atoms with Crippen molar-refractivity contribution in [1.82, 2.24) is 9.80 Å². The number of nitrogens with zero attached hydrogens (tertiary/aromatic N) is 2. The zero-order valence-electron chi connectivity index (χ0n) is 17.1. The maximum absolute atomic E-state index is 13.0. The second-order valence-electron chi connectivity index (χ2n) is 7.62. The number of hydrogen-bond donors (Lipinski definition) is 0. The summed E-state index contributed by atoms with van der Waals surface area (Å²) < 4.78 is 4.74. The zero-order valence-corrected chi connectivity index (χ0v) is 17.9. The molecule has 2 atom stereocenters. The van der Waals surface area contributed by atoms with E-state index in [0.29, 0.717) is 17.0 Å². The van der Waals surface area contributed by atoms with Gasteiger partial charge in [0.25, 0.3) is 5.91 Å². The summed E-state index contributed by atoms with van der Waals surface area (Å²) in [4.78, 5) is 29.0. The molecule has 1 amide bonds. The number of alkyl halides is 1. The molecule has 6 heteroatoms. The van der Waals surface area contributed by atoms with Crippen LogP contribution in [-0.2, 0) is 17.2 Å². The minimum absolute atomic E-state index is 0.0632. The lowest BCUT2D eigenvalue weighted by Gasteiger charge is -2.44. The Balaban J connectivity index is 1.64. The van der Waals surface area contributed by atoms with Crippen molar-refractivity contribution in [2.24, 2.45) is 0 Å². The highest BCUT2D eigenvalue weighted by Crippen LogP contribution is 2.21. The molecular formula is C23H27ClN2O3. The predicted octanol–water partition coefficient (Wildman–Crippen LogP) is 3.95. The molecule has 0 aromatic heterocycles. The number of amides is 1. The van der Waals surface area contributed by atoms with Crippen molar-refractivity contribution >= 4 is 23.5 Å². The molecule has 5 nitrogen and oxygen atoms in total. The SMILES string of the molecule is COC(=O)c1ccc(CN2CC(C)N(C(=O)c3ccc(CCl)cc3)C(C)C2)cc1. The molecule has 2 aromatic rings. The molecule has 0 saturated carbocycles. The van der Waals surface area contributed by atoms with Crippen LogP contribution in [0.4, 0.5) is 0 Å². The average molecular weight is 415 g/mol. The average Bonchev–Trinajstić information content (AvgIpc) is 2.73. The van der Waals surface area contributed by atoms with Gasteiger partial charge in [0.05, 0.1) is 12.7 Å². The number of hydrogen-bond acceptors (Lipinski definition) is 4. The van der Waals surface area contributed by atoms with Gasteiger partial charge in [0.1, 0.15) is 0 Å². The highest BCUT2D eigenvalue weighted by molar-refractivity contribution is 6.17. The van der Waals surface area contributed by atoms with Gasteiger partial charge in [-0.25, -0.2) is 4.79 Å². The van der Waals surface area contributed by atoms with Crippen LogP contribution in [0.15, 0.2) is 48.5 Å². The van der Waals surface area contributed by atoms with Gasteiger partial charge >= 0.3 is 5.97 Å². The number of carbonyl (C=O) groups excluding carboxylic acids is 2. The Kier molecular flexibility index (Phi) is 6.93. The highest BCUT2D eigenvalue weighted by Gasteiger charge is 2.33. The third-order valence-electron chi connectivity index (χ3n) is 5.37. The fourth-order valence-electron chi connectivity index (χ4n) is 3.97. The summed E-state index contributed by atoms with van der Waals surface area (Å²) in [5.41, 5.74) is 3.39. The first kappa shape index (κ1) is 21.3. The van der Waals surface area contributed by atoms with Crippen molar-refractivity contribution in [3.63, 3.8) is 0 Å². The first-order chi connectivity index (χ1) is 13.9. The zero-order chi connectivity index (χ0) is 21.0. The Hall–Kier alpha value is -2.37. The van der Waals surface area contributed by atoms with Crippen molar-refractivity contribution < 1.29 is 14.3 Å². The first-order valence-electron chi connectivity index (χ1n) is 9.80. The molecule has 2 aromatic carbocycles. The van der Waals surface area contributed by atoms with E-state index in [1.807, 2.05) is 41.3 Å². The number of methoxy groups -OCH3 is 1. The fourth-order valence-corrected chi connectivity index (χ4v) is 4.15. The first-order valence-corrected chi connectivity index (χ1v) is 10.3. The van der Waals surface area contributed by atoms with E-state index in [2.05, 4.69) is 18.7 Å². The summed E-state index contributed by atoms with van der Waals surface area (Å²) in [6.45, 7) is 6.56. The minimum Gasteiger partial charge on any atom is -0.465 e. The maximum atomic E-state index is 13.0. The summed E-state index contributed by atoms with van der Waals surface area (Å²) in [6, 6.07) is 15.2. The molecule has 0 spiro atoms. The molecule has 1 aliphatic rings. The van der Waals surface area contributed by atoms with E-state index in [-0.39, 0.29) is 24.0 Å². The lowest BCUT2D eigenvalue weighted by atomic mass is 10.0. The Morgan fingerprint density at radius 2 is 1.45 bits per heavy atom. The van der Waals surface area contributed by atoms with E-state index in [0.717, 1.165) is 30.8 Å². The van der Waals surface area contributed by atoms with Gasteiger partial charge in [-0.3, -0.25) is 9.69 Å². The molecule has 3 rings (SSSR count). The summed E-state index contributed by atoms with van der Waals surface area (Å²) in [5, 5.41) is 0. The van der Waals surface area contributed by atoms with Crippen LogP contribution in [0, 0.1) is 0 Å². The summed E-state index contributed by atoms with van der Waals surface area (Å²) in [5.74, 6) is 0.179. The molecule has 1 saturated heterocycles. The van der Waals surface area contributed by atoms with Gasteiger partial charge in [0.2, 0.25) is 0 Å². The van der Waals surface area contributed by atoms with Gasteiger partial charge < -0.3 is 9.64 Å². The predicted molar refractivity (Wildman–Crippen MR) is 114 cm³/mol. The van der Waals surface area contributed by atoms with E-state index in [1.165, 1.54) is 7.11 Å². The largest absolute Gasteiger partial charge is 0.465 e. The van der Waals surface area contributed by atoms with E-state index in [1.54, 1.807) is 12.1 Å². The van der Waals surface area contributed by atoms with Crippen molar-refractivity contribution in [3.05, 3.63) is 70.8 Å². The van der Waals surface area contributed by atoms with Crippen molar-refractivity contribution in [3.8, 4) is 0 Å². The normalized spacial score (nSPS) is 19.8. The monoisotopic (exact) mass is 414 g/mol. The lowest BCUT2D eigenvalue weighted by Crippen LogP contribution is -2.58. The van der Waals surface area contributed by atoms with Crippen molar-refractivity contribution in [2.45, 2.75) is 38.4 Å². The van der Waals surface area contributed by atoms with Crippen LogP contribution in [0.1, 0.15) is 45.7 Å². The number of rotatable bonds is 5. The molecule has 1 fully saturated rings. The molecule has 154 valence electrons. The van der Waals surface area contributed by atoms with Gasteiger partial charge in [-0.05, 0) is 49.2 Å². The van der Waals surface area contributed by atoms with Gasteiger partial charge in [-0.15, -0.1) is 11.6 Å². The number of carbonyl (C=O) groups is 2. The minimum atomic E-state index is -0.329. The van der Waals surface area contributed by atoms with Crippen LogP contribution >= 0.6 is 11.6 Å². The topological polar surface area (TPSA) is 49.9 Å². The molecule has 0 radical (unpaired) electrons. The van der Waals surface area contributed by atoms with E-state index in [4.69, 9.17) is 16.3 Å². The van der Waals surface area contributed by atoms with Crippen LogP contribution in [0.3, 0.4) is 0 Å². The number of benzene rings is 2. The number of esters is 1. The van der Waals surface area contributed by atoms with Crippen LogP contribution < -0.4 is 0 Å². The summed E-state index contributed by atoms with van der Waals surface area (Å²) in [6.07, 6.45) is 0. The van der Waals surface area contributed by atoms with E-state index in [9.17, 15) is 9.59 Å². The highest BCUT2D eigenvalue weighted by atomic mass is 35.5. The van der Waals surface area contributed by atoms with E-state index >= 15 is 0 Å². The summed E-state index contributed by atoms with van der Waals surface area (Å²) >= 11 is 5.84. The van der Waals surface area contributed by atoms with Crippen molar-refractivity contribution in [2.75, 3.05) is 20.2 Å². The standard InChI is InChI=1S/C23H27ClN2O3/c1-16-13-25(15-19-6-10-21(11-7-19)23(28)29-3)14-17(2)26(16)22(27)20-8-4-18(12-24)5-9-20/h4-11,16-17H,12-15H2,1-3H3. The van der Waals surface area contributed by atoms with Gasteiger partial charge in [-0.2, -0.15) is 0 Å². The van der Waals surface area contributed by atoms with Crippen molar-refractivity contribution in [1.29, 1.82) is 0 Å². The Bertz CT molecular complexity index is 839. The van der Waals surface area contributed by atoms with Crippen LogP contribution in [0.5, 0.6) is 0 Å². The van der Waals surface area contributed by atoms with Gasteiger partial charge in [0, 0.05) is 43.2 Å². The third-order valence-corrected chi connectivity index (χ3v) is 5.67. The Morgan fingerprint density at radius 3 is 1.97 bits per heavy atom. The number of ether oxygens (including phenoxy) is 1. The molecule has 1 heterocycles. The smallest absolute Gasteiger partial charge is 0.337 e. The fraction of sp³-hybridized carbons (Fsp3) is 0.391. The third kappa shape index (κ3) is 4.98. The van der Waals surface area contributed by atoms with Crippen LogP contribution in [0.2, 0.25) is 0 Å². The quantitative estimate of drug-likeness (QED) is 0.549. The molecule has 2 unspecified atom stereocenters. The van der Waals surface area contributed by atoms with Gasteiger partial charge in [0.15, 0.2) is 0 Å². The van der Waals surface area contributed by atoms with E-state index < -0.39 is 0 Å². The van der Waals surface area contributed by atoms with Crippen LogP contribution in [0.25, 0.3) is 0 Å². The lowest BCUT2D eigenvalue weighted by molar-refractivity contribution is 0.0268. The Labute approximate surface area is 177 Å². The maximum Gasteiger partial charge on any atom is 0.337 e. The summed E-state index contributed by atoms with van der Waals surface area (Å²) in [7, 11) is 1.38. The molecule has 0 N–H and O–H groups in total. The van der Waals surface area contributed by atoms with Crippen LogP contribution in [-0.4, -0.2) is 54.0 Å². The van der Waals surface area contributed by atoms with Gasteiger partial charge in [-0.1, -0.05) is 24.3 Å². The molecule has 0 bridgehead atoms. The second kappa shape index (κ2) is 9.42. The molecule has 1 aliphatic heterocycles.